The van der Waals surface area contributed by atoms with E-state index in [2.05, 4.69) is 35.5 Å². The fraction of sp³-hybridized carbons (Fsp3) is 0.438. The third-order valence-electron chi connectivity index (χ3n) is 3.41. The topological polar surface area (TPSA) is 38.0 Å². The molecule has 0 aliphatic rings. The maximum Gasteiger partial charge on any atom is 0.111 e. The molecular formula is C16H22N2O. The van der Waals surface area contributed by atoms with E-state index < -0.39 is 6.10 Å². The van der Waals surface area contributed by atoms with E-state index in [0.29, 0.717) is 6.42 Å². The minimum Gasteiger partial charge on any atom is -0.388 e. The fourth-order valence-electron chi connectivity index (χ4n) is 2.24. The van der Waals surface area contributed by atoms with Crippen molar-refractivity contribution in [2.24, 2.45) is 0 Å². The van der Waals surface area contributed by atoms with Gasteiger partial charge in [0.15, 0.2) is 0 Å². The molecular weight excluding hydrogens is 236 g/mol. The number of rotatable bonds is 6. The summed E-state index contributed by atoms with van der Waals surface area (Å²) in [6, 6.07) is 8.18. The Morgan fingerprint density at radius 3 is 2.58 bits per heavy atom. The average Bonchev–Trinajstić information content (AvgIpc) is 2.86. The first-order valence-corrected chi connectivity index (χ1v) is 7.01. The van der Waals surface area contributed by atoms with E-state index in [1.807, 2.05) is 18.3 Å². The van der Waals surface area contributed by atoms with Gasteiger partial charge < -0.3 is 9.67 Å². The number of nitrogens with zero attached hydrogens (tertiary/aromatic N) is 2. The van der Waals surface area contributed by atoms with Crippen LogP contribution >= 0.6 is 0 Å². The van der Waals surface area contributed by atoms with Crippen LogP contribution in [0.5, 0.6) is 0 Å². The quantitative estimate of drug-likeness (QED) is 0.864. The average molecular weight is 258 g/mol. The zero-order valence-corrected chi connectivity index (χ0v) is 11.7. The summed E-state index contributed by atoms with van der Waals surface area (Å²) in [4.78, 5) is 4.34. The monoisotopic (exact) mass is 258 g/mol. The van der Waals surface area contributed by atoms with Gasteiger partial charge in [-0.05, 0) is 24.0 Å². The van der Waals surface area contributed by atoms with Crippen LogP contribution in [-0.4, -0.2) is 14.7 Å². The molecule has 1 aromatic carbocycles. The lowest BCUT2D eigenvalue weighted by Crippen LogP contribution is -2.09. The highest BCUT2D eigenvalue weighted by Gasteiger charge is 2.12. The molecule has 102 valence electrons. The van der Waals surface area contributed by atoms with Crippen molar-refractivity contribution in [1.82, 2.24) is 9.55 Å². The lowest BCUT2D eigenvalue weighted by molar-refractivity contribution is 0.174. The van der Waals surface area contributed by atoms with Crippen molar-refractivity contribution >= 4 is 0 Å². The SMILES string of the molecule is CCCn1ccnc1CC(O)c1ccc(CC)cc1. The lowest BCUT2D eigenvalue weighted by atomic mass is 10.0. The predicted molar refractivity (Wildman–Crippen MR) is 77.0 cm³/mol. The highest BCUT2D eigenvalue weighted by Crippen LogP contribution is 2.18. The Bertz CT molecular complexity index is 502. The first kappa shape index (κ1) is 13.8. The van der Waals surface area contributed by atoms with Crippen molar-refractivity contribution in [3.05, 3.63) is 53.6 Å². The van der Waals surface area contributed by atoms with E-state index in [0.717, 1.165) is 30.8 Å². The van der Waals surface area contributed by atoms with Crippen LogP contribution in [0.2, 0.25) is 0 Å². The van der Waals surface area contributed by atoms with Crippen LogP contribution in [0.25, 0.3) is 0 Å². The summed E-state index contributed by atoms with van der Waals surface area (Å²) >= 11 is 0. The molecule has 0 aliphatic heterocycles. The standard InChI is InChI=1S/C16H22N2O/c1-3-10-18-11-9-17-16(18)12-15(19)14-7-5-13(4-2)6-8-14/h5-9,11,15,19H,3-4,10,12H2,1-2H3. The summed E-state index contributed by atoms with van der Waals surface area (Å²) in [6.07, 6.45) is 5.97. The third-order valence-corrected chi connectivity index (χ3v) is 3.41. The molecule has 1 N–H and O–H groups in total. The number of aliphatic hydroxyl groups excluding tert-OH is 1. The normalized spacial score (nSPS) is 12.6. The summed E-state index contributed by atoms with van der Waals surface area (Å²) in [5.41, 5.74) is 2.26. The molecule has 1 atom stereocenters. The van der Waals surface area contributed by atoms with Gasteiger partial charge in [0.2, 0.25) is 0 Å². The van der Waals surface area contributed by atoms with Crippen molar-refractivity contribution in [3.63, 3.8) is 0 Å². The number of benzene rings is 1. The Kier molecular flexibility index (Phi) is 4.74. The zero-order valence-electron chi connectivity index (χ0n) is 11.7. The minimum absolute atomic E-state index is 0.482. The minimum atomic E-state index is -0.482. The highest BCUT2D eigenvalue weighted by molar-refractivity contribution is 5.24. The number of hydrogen-bond acceptors (Lipinski definition) is 2. The van der Waals surface area contributed by atoms with Gasteiger partial charge >= 0.3 is 0 Å². The summed E-state index contributed by atoms with van der Waals surface area (Å²) < 4.78 is 2.11. The van der Waals surface area contributed by atoms with Crippen LogP contribution in [0.3, 0.4) is 0 Å². The van der Waals surface area contributed by atoms with Gasteiger partial charge in [0.1, 0.15) is 5.82 Å². The Morgan fingerprint density at radius 2 is 1.95 bits per heavy atom. The van der Waals surface area contributed by atoms with E-state index >= 15 is 0 Å². The molecule has 0 saturated heterocycles. The van der Waals surface area contributed by atoms with Gasteiger partial charge in [-0.3, -0.25) is 0 Å². The van der Waals surface area contributed by atoms with E-state index in [9.17, 15) is 5.11 Å². The molecule has 0 saturated carbocycles. The summed E-state index contributed by atoms with van der Waals surface area (Å²) in [5, 5.41) is 10.3. The molecule has 1 heterocycles. The number of imidazole rings is 1. The first-order valence-electron chi connectivity index (χ1n) is 7.01. The van der Waals surface area contributed by atoms with Crippen molar-refractivity contribution in [2.75, 3.05) is 0 Å². The molecule has 1 aromatic heterocycles. The maximum absolute atomic E-state index is 10.3. The fourth-order valence-corrected chi connectivity index (χ4v) is 2.24. The first-order chi connectivity index (χ1) is 9.24. The van der Waals surface area contributed by atoms with Gasteiger partial charge in [-0.1, -0.05) is 38.1 Å². The zero-order chi connectivity index (χ0) is 13.7. The van der Waals surface area contributed by atoms with Crippen molar-refractivity contribution in [1.29, 1.82) is 0 Å². The van der Waals surface area contributed by atoms with Gasteiger partial charge in [0, 0.05) is 25.4 Å². The molecule has 3 heteroatoms. The van der Waals surface area contributed by atoms with E-state index in [4.69, 9.17) is 0 Å². The van der Waals surface area contributed by atoms with Crippen molar-refractivity contribution < 1.29 is 5.11 Å². The van der Waals surface area contributed by atoms with Crippen LogP contribution in [0.4, 0.5) is 0 Å². The molecule has 19 heavy (non-hydrogen) atoms. The molecule has 3 nitrogen and oxygen atoms in total. The van der Waals surface area contributed by atoms with Gasteiger partial charge in [0.25, 0.3) is 0 Å². The third kappa shape index (κ3) is 3.44. The number of aliphatic hydroxyl groups is 1. The van der Waals surface area contributed by atoms with E-state index in [1.54, 1.807) is 6.20 Å². The van der Waals surface area contributed by atoms with Crippen LogP contribution in [0, 0.1) is 0 Å². The second kappa shape index (κ2) is 6.53. The highest BCUT2D eigenvalue weighted by atomic mass is 16.3. The number of aryl methyl sites for hydroxylation is 2. The Balaban J connectivity index is 2.06. The van der Waals surface area contributed by atoms with Gasteiger partial charge in [-0.15, -0.1) is 0 Å². The van der Waals surface area contributed by atoms with E-state index in [1.165, 1.54) is 5.56 Å². The molecule has 2 aromatic rings. The second-order valence-corrected chi connectivity index (χ2v) is 4.85. The summed E-state index contributed by atoms with van der Waals surface area (Å²) in [5.74, 6) is 0.953. The number of hydrogen-bond donors (Lipinski definition) is 1. The molecule has 0 bridgehead atoms. The van der Waals surface area contributed by atoms with Crippen molar-refractivity contribution in [3.8, 4) is 0 Å². The maximum atomic E-state index is 10.3. The molecule has 0 spiro atoms. The molecule has 0 fully saturated rings. The lowest BCUT2D eigenvalue weighted by Gasteiger charge is -2.12. The Hall–Kier alpha value is -1.61. The van der Waals surface area contributed by atoms with Crippen molar-refractivity contribution in [2.45, 2.75) is 45.8 Å². The van der Waals surface area contributed by atoms with Crippen LogP contribution < -0.4 is 0 Å². The number of aromatic nitrogens is 2. The van der Waals surface area contributed by atoms with E-state index in [-0.39, 0.29) is 0 Å². The van der Waals surface area contributed by atoms with Crippen LogP contribution in [0.15, 0.2) is 36.7 Å². The van der Waals surface area contributed by atoms with Gasteiger partial charge in [-0.25, -0.2) is 4.98 Å². The Labute approximate surface area is 114 Å². The second-order valence-electron chi connectivity index (χ2n) is 4.85. The molecule has 0 radical (unpaired) electrons. The van der Waals surface area contributed by atoms with Gasteiger partial charge in [-0.2, -0.15) is 0 Å². The molecule has 0 aliphatic carbocycles. The largest absolute Gasteiger partial charge is 0.388 e. The van der Waals surface area contributed by atoms with Gasteiger partial charge in [0.05, 0.1) is 6.10 Å². The van der Waals surface area contributed by atoms with Crippen LogP contribution in [-0.2, 0) is 19.4 Å². The Morgan fingerprint density at radius 1 is 1.21 bits per heavy atom. The summed E-state index contributed by atoms with van der Waals surface area (Å²) in [6.45, 7) is 5.23. The smallest absolute Gasteiger partial charge is 0.111 e. The summed E-state index contributed by atoms with van der Waals surface area (Å²) in [7, 11) is 0. The van der Waals surface area contributed by atoms with Crippen LogP contribution in [0.1, 0.15) is 43.3 Å². The predicted octanol–water partition coefficient (Wildman–Crippen LogP) is 3.13. The molecule has 2 rings (SSSR count). The molecule has 1 unspecified atom stereocenters. The molecule has 0 amide bonds.